The second-order valence-corrected chi connectivity index (χ2v) is 6.55. The van der Waals surface area contributed by atoms with E-state index in [2.05, 4.69) is 53.3 Å². The molecule has 0 spiro atoms. The van der Waals surface area contributed by atoms with Gasteiger partial charge in [-0.1, -0.05) is 44.2 Å². The van der Waals surface area contributed by atoms with Crippen LogP contribution in [0.5, 0.6) is 0 Å². The molecule has 1 N–H and O–H groups in total. The summed E-state index contributed by atoms with van der Waals surface area (Å²) in [6.07, 6.45) is 1.73. The fraction of sp³-hybridized carbons (Fsp3) is 0.421. The smallest absolute Gasteiger partial charge is 0.270 e. The highest BCUT2D eigenvalue weighted by Crippen LogP contribution is 2.25. The number of hydrogen-bond acceptors (Lipinski definition) is 4. The van der Waals surface area contributed by atoms with Crippen molar-refractivity contribution in [1.82, 2.24) is 15.3 Å². The zero-order valence-corrected chi connectivity index (χ0v) is 14.5. The maximum Gasteiger partial charge on any atom is 0.270 e. The first-order valence-corrected chi connectivity index (χ1v) is 8.50. The number of nitrogens with zero attached hydrogens (tertiary/aromatic N) is 3. The molecule has 0 atom stereocenters. The van der Waals surface area contributed by atoms with Crippen LogP contribution < -0.4 is 10.2 Å². The Hall–Kier alpha value is -2.43. The summed E-state index contributed by atoms with van der Waals surface area (Å²) in [5, 5.41) is 2.88. The first-order chi connectivity index (χ1) is 11.6. The number of fused-ring (bicyclic) bond motifs is 1. The number of anilines is 1. The quantitative estimate of drug-likeness (QED) is 0.918. The third-order valence-electron chi connectivity index (χ3n) is 4.33. The lowest BCUT2D eigenvalue weighted by Crippen LogP contribution is -2.36. The van der Waals surface area contributed by atoms with Crippen molar-refractivity contribution in [1.29, 1.82) is 0 Å². The van der Waals surface area contributed by atoms with Gasteiger partial charge in [0.25, 0.3) is 5.91 Å². The predicted octanol–water partition coefficient (Wildman–Crippen LogP) is 2.56. The van der Waals surface area contributed by atoms with E-state index >= 15 is 0 Å². The van der Waals surface area contributed by atoms with Gasteiger partial charge in [-0.3, -0.25) is 4.79 Å². The van der Waals surface area contributed by atoms with Crippen molar-refractivity contribution in [3.63, 3.8) is 0 Å². The molecule has 0 aliphatic carbocycles. The highest BCUT2D eigenvalue weighted by Gasteiger charge is 2.25. The van der Waals surface area contributed by atoms with Crippen molar-refractivity contribution in [2.45, 2.75) is 32.6 Å². The normalized spacial score (nSPS) is 13.6. The summed E-state index contributed by atoms with van der Waals surface area (Å²) in [6, 6.07) is 10.4. The van der Waals surface area contributed by atoms with Crippen LogP contribution in [0.4, 0.5) is 5.82 Å². The standard InChI is InChI=1S/C19H24N4O/c1-13(2)17-21-16-15(9-11-20-19(16)24)18(22-17)23(3)12-10-14-7-5-4-6-8-14/h4-8,13H,9-12H2,1-3H3,(H,20,24). The zero-order valence-electron chi connectivity index (χ0n) is 14.5. The van der Waals surface area contributed by atoms with Crippen molar-refractivity contribution >= 4 is 11.7 Å². The Labute approximate surface area is 143 Å². The first-order valence-electron chi connectivity index (χ1n) is 8.50. The van der Waals surface area contributed by atoms with E-state index in [1.165, 1.54) is 5.56 Å². The van der Waals surface area contributed by atoms with Gasteiger partial charge in [0.1, 0.15) is 17.3 Å². The summed E-state index contributed by atoms with van der Waals surface area (Å²) in [7, 11) is 2.04. The number of carbonyl (C=O) groups excluding carboxylic acids is 1. The molecule has 1 aromatic heterocycles. The number of nitrogens with one attached hydrogen (secondary N) is 1. The molecule has 0 radical (unpaired) electrons. The lowest BCUT2D eigenvalue weighted by atomic mass is 10.0. The largest absolute Gasteiger partial charge is 0.359 e. The molecule has 5 nitrogen and oxygen atoms in total. The Kier molecular flexibility index (Phi) is 4.79. The Balaban J connectivity index is 1.89. The van der Waals surface area contributed by atoms with Crippen LogP contribution in [0.1, 0.15) is 47.2 Å². The van der Waals surface area contributed by atoms with Crippen LogP contribution in [-0.4, -0.2) is 36.0 Å². The molecule has 1 aliphatic heterocycles. The molecule has 5 heteroatoms. The number of rotatable bonds is 5. The molecule has 3 rings (SSSR count). The van der Waals surface area contributed by atoms with Crippen LogP contribution >= 0.6 is 0 Å². The number of amides is 1. The Morgan fingerprint density at radius 1 is 1.21 bits per heavy atom. The Morgan fingerprint density at radius 2 is 1.96 bits per heavy atom. The first kappa shape index (κ1) is 16.4. The van der Waals surface area contributed by atoms with Gasteiger partial charge in [-0.15, -0.1) is 0 Å². The number of benzene rings is 1. The molecule has 2 aromatic rings. The molecule has 1 aromatic carbocycles. The van der Waals surface area contributed by atoms with E-state index in [1.54, 1.807) is 0 Å². The van der Waals surface area contributed by atoms with Crippen LogP contribution in [0.25, 0.3) is 0 Å². The lowest BCUT2D eigenvalue weighted by Gasteiger charge is -2.26. The van der Waals surface area contributed by atoms with Crippen LogP contribution in [0.15, 0.2) is 30.3 Å². The van der Waals surface area contributed by atoms with Crippen LogP contribution in [-0.2, 0) is 12.8 Å². The van der Waals surface area contributed by atoms with Gasteiger partial charge < -0.3 is 10.2 Å². The number of hydrogen-bond donors (Lipinski definition) is 1. The third-order valence-corrected chi connectivity index (χ3v) is 4.33. The highest BCUT2D eigenvalue weighted by atomic mass is 16.1. The molecule has 1 amide bonds. The fourth-order valence-electron chi connectivity index (χ4n) is 2.91. The van der Waals surface area contributed by atoms with Gasteiger partial charge in [0.2, 0.25) is 0 Å². The van der Waals surface area contributed by atoms with Crippen LogP contribution in [0.2, 0.25) is 0 Å². The topological polar surface area (TPSA) is 58.1 Å². The molecule has 0 saturated carbocycles. The average molecular weight is 324 g/mol. The van der Waals surface area contributed by atoms with Crippen molar-refractivity contribution in [3.05, 3.63) is 53.0 Å². The number of carbonyl (C=O) groups is 1. The molecule has 126 valence electrons. The summed E-state index contributed by atoms with van der Waals surface area (Å²) in [5.74, 6) is 1.73. The summed E-state index contributed by atoms with van der Waals surface area (Å²) >= 11 is 0. The van der Waals surface area contributed by atoms with Gasteiger partial charge in [-0.25, -0.2) is 9.97 Å². The summed E-state index contributed by atoms with van der Waals surface area (Å²) in [6.45, 7) is 5.61. The SMILES string of the molecule is CC(C)c1nc2c(c(N(C)CCc3ccccc3)n1)CCNC2=O. The monoisotopic (exact) mass is 324 g/mol. The van der Waals surface area contributed by atoms with Crippen molar-refractivity contribution < 1.29 is 4.79 Å². The van der Waals surface area contributed by atoms with Crippen molar-refractivity contribution in [2.75, 3.05) is 25.0 Å². The number of likely N-dealkylation sites (N-methyl/N-ethyl adjacent to an activating group) is 1. The maximum atomic E-state index is 12.2. The summed E-state index contributed by atoms with van der Waals surface area (Å²) in [5.41, 5.74) is 2.81. The molecule has 1 aliphatic rings. The minimum absolute atomic E-state index is 0.0849. The molecular weight excluding hydrogens is 300 g/mol. The fourth-order valence-corrected chi connectivity index (χ4v) is 2.91. The highest BCUT2D eigenvalue weighted by molar-refractivity contribution is 5.96. The Morgan fingerprint density at radius 3 is 2.67 bits per heavy atom. The third kappa shape index (κ3) is 3.40. The number of aromatic nitrogens is 2. The zero-order chi connectivity index (χ0) is 17.1. The van der Waals surface area contributed by atoms with Crippen LogP contribution in [0.3, 0.4) is 0 Å². The van der Waals surface area contributed by atoms with Crippen molar-refractivity contribution in [2.24, 2.45) is 0 Å². The lowest BCUT2D eigenvalue weighted by molar-refractivity contribution is 0.0940. The van der Waals surface area contributed by atoms with E-state index in [9.17, 15) is 4.79 Å². The molecule has 0 saturated heterocycles. The predicted molar refractivity (Wildman–Crippen MR) is 95.6 cm³/mol. The molecule has 0 bridgehead atoms. The van der Waals surface area contributed by atoms with E-state index in [0.29, 0.717) is 12.2 Å². The molecular formula is C19H24N4O. The van der Waals surface area contributed by atoms with E-state index in [0.717, 1.165) is 36.6 Å². The second-order valence-electron chi connectivity index (χ2n) is 6.55. The molecule has 0 unspecified atom stereocenters. The summed E-state index contributed by atoms with van der Waals surface area (Å²) in [4.78, 5) is 23.6. The van der Waals surface area contributed by atoms with Gasteiger partial charge in [0, 0.05) is 31.6 Å². The summed E-state index contributed by atoms with van der Waals surface area (Å²) < 4.78 is 0. The van der Waals surface area contributed by atoms with E-state index < -0.39 is 0 Å². The van der Waals surface area contributed by atoms with E-state index in [4.69, 9.17) is 4.98 Å². The van der Waals surface area contributed by atoms with Gasteiger partial charge in [0.15, 0.2) is 0 Å². The van der Waals surface area contributed by atoms with Gasteiger partial charge in [-0.2, -0.15) is 0 Å². The van der Waals surface area contributed by atoms with Crippen LogP contribution in [0, 0.1) is 0 Å². The van der Waals surface area contributed by atoms with Gasteiger partial charge >= 0.3 is 0 Å². The van der Waals surface area contributed by atoms with Gasteiger partial charge in [-0.05, 0) is 18.4 Å². The minimum Gasteiger partial charge on any atom is -0.359 e. The molecule has 24 heavy (non-hydrogen) atoms. The average Bonchev–Trinajstić information content (AvgIpc) is 2.60. The minimum atomic E-state index is -0.0849. The van der Waals surface area contributed by atoms with Gasteiger partial charge in [0.05, 0.1) is 0 Å². The van der Waals surface area contributed by atoms with E-state index in [-0.39, 0.29) is 11.8 Å². The maximum absolute atomic E-state index is 12.2. The second kappa shape index (κ2) is 6.99. The van der Waals surface area contributed by atoms with Crippen molar-refractivity contribution in [3.8, 4) is 0 Å². The van der Waals surface area contributed by atoms with E-state index in [1.807, 2.05) is 13.1 Å². The Bertz CT molecular complexity index is 728. The molecule has 2 heterocycles. The molecule has 0 fully saturated rings.